The number of amides is 1. The third-order valence-electron chi connectivity index (χ3n) is 2.91. The molecule has 1 atom stereocenters. The van der Waals surface area contributed by atoms with Crippen LogP contribution in [0, 0.1) is 18.3 Å². The van der Waals surface area contributed by atoms with Gasteiger partial charge in [0.05, 0.1) is 11.6 Å². The summed E-state index contributed by atoms with van der Waals surface area (Å²) in [5, 5.41) is 23.4. The zero-order chi connectivity index (χ0) is 14.5. The monoisotopic (exact) mass is 286 g/mol. The van der Waals surface area contributed by atoms with E-state index >= 15 is 0 Å². The van der Waals surface area contributed by atoms with E-state index in [0.29, 0.717) is 11.1 Å². The van der Waals surface area contributed by atoms with Crippen molar-refractivity contribution >= 4 is 17.2 Å². The van der Waals surface area contributed by atoms with Crippen LogP contribution < -0.4 is 5.32 Å². The van der Waals surface area contributed by atoms with Crippen molar-refractivity contribution in [1.29, 1.82) is 5.26 Å². The van der Waals surface area contributed by atoms with Crippen molar-refractivity contribution in [2.45, 2.75) is 13.0 Å². The fraction of sp³-hybridized carbons (Fsp3) is 0.200. The zero-order valence-corrected chi connectivity index (χ0v) is 11.8. The summed E-state index contributed by atoms with van der Waals surface area (Å²) >= 11 is 1.47. The van der Waals surface area contributed by atoms with E-state index in [0.717, 1.165) is 10.4 Å². The summed E-state index contributed by atoms with van der Waals surface area (Å²) in [6.07, 6.45) is -0.710. The third kappa shape index (κ3) is 3.23. The summed E-state index contributed by atoms with van der Waals surface area (Å²) in [5.74, 6) is -0.296. The Morgan fingerprint density at radius 1 is 1.50 bits per heavy atom. The second kappa shape index (κ2) is 6.33. The van der Waals surface area contributed by atoms with Crippen molar-refractivity contribution in [2.24, 2.45) is 0 Å². The number of hydrogen-bond acceptors (Lipinski definition) is 4. The number of nitrogens with zero attached hydrogens (tertiary/aromatic N) is 1. The van der Waals surface area contributed by atoms with Gasteiger partial charge in [-0.15, -0.1) is 11.3 Å². The van der Waals surface area contributed by atoms with Crippen LogP contribution in [0.15, 0.2) is 35.7 Å². The van der Waals surface area contributed by atoms with Crippen LogP contribution in [-0.4, -0.2) is 17.6 Å². The van der Waals surface area contributed by atoms with Gasteiger partial charge < -0.3 is 10.4 Å². The van der Waals surface area contributed by atoms with Gasteiger partial charge in [0.25, 0.3) is 5.91 Å². The highest BCUT2D eigenvalue weighted by molar-refractivity contribution is 7.10. The molecule has 2 rings (SSSR count). The first kappa shape index (κ1) is 14.3. The Morgan fingerprint density at radius 2 is 2.30 bits per heavy atom. The Hall–Kier alpha value is -2.16. The van der Waals surface area contributed by atoms with Gasteiger partial charge in [0, 0.05) is 17.0 Å². The van der Waals surface area contributed by atoms with Crippen molar-refractivity contribution in [3.63, 3.8) is 0 Å². The minimum atomic E-state index is -0.710. The van der Waals surface area contributed by atoms with Crippen molar-refractivity contribution in [3.05, 3.63) is 57.3 Å². The Bertz CT molecular complexity index is 658. The summed E-state index contributed by atoms with van der Waals surface area (Å²) in [7, 11) is 0. The maximum atomic E-state index is 11.9. The fourth-order valence-electron chi connectivity index (χ4n) is 1.84. The van der Waals surface area contributed by atoms with Crippen molar-refractivity contribution in [3.8, 4) is 6.07 Å². The molecule has 102 valence electrons. The molecule has 2 N–H and O–H groups in total. The van der Waals surface area contributed by atoms with Gasteiger partial charge in [-0.1, -0.05) is 6.07 Å². The predicted octanol–water partition coefficient (Wildman–Crippen LogP) is 2.39. The van der Waals surface area contributed by atoms with Gasteiger partial charge in [-0.3, -0.25) is 4.79 Å². The molecule has 2 aromatic rings. The molecule has 1 aromatic heterocycles. The van der Waals surface area contributed by atoms with E-state index in [1.54, 1.807) is 18.2 Å². The third-order valence-corrected chi connectivity index (χ3v) is 4.03. The molecule has 0 radical (unpaired) electrons. The summed E-state index contributed by atoms with van der Waals surface area (Å²) in [6, 6.07) is 10.4. The molecule has 0 unspecified atom stereocenters. The van der Waals surface area contributed by atoms with Crippen LogP contribution >= 0.6 is 11.3 Å². The van der Waals surface area contributed by atoms with Crippen molar-refractivity contribution in [2.75, 3.05) is 6.54 Å². The fourth-order valence-corrected chi connectivity index (χ4v) is 2.75. The van der Waals surface area contributed by atoms with Crippen molar-refractivity contribution in [1.82, 2.24) is 5.32 Å². The van der Waals surface area contributed by atoms with Gasteiger partial charge in [-0.2, -0.15) is 5.26 Å². The summed E-state index contributed by atoms with van der Waals surface area (Å²) < 4.78 is 0. The lowest BCUT2D eigenvalue weighted by atomic mass is 10.1. The van der Waals surface area contributed by atoms with Crippen LogP contribution in [-0.2, 0) is 0 Å². The average molecular weight is 286 g/mol. The minimum absolute atomic E-state index is 0.150. The summed E-state index contributed by atoms with van der Waals surface area (Å²) in [5.41, 5.74) is 1.87. The molecule has 0 aliphatic carbocycles. The highest BCUT2D eigenvalue weighted by atomic mass is 32.1. The molecular formula is C15H14N2O2S. The Morgan fingerprint density at radius 3 is 2.95 bits per heavy atom. The van der Waals surface area contributed by atoms with Gasteiger partial charge in [-0.05, 0) is 42.1 Å². The molecule has 0 bridgehead atoms. The first-order chi connectivity index (χ1) is 9.61. The van der Waals surface area contributed by atoms with Crippen LogP contribution in [0.2, 0.25) is 0 Å². The number of carbonyl (C=O) groups is 1. The first-order valence-electron chi connectivity index (χ1n) is 6.12. The average Bonchev–Trinajstić information content (AvgIpc) is 2.90. The number of rotatable bonds is 4. The van der Waals surface area contributed by atoms with Gasteiger partial charge in [0.15, 0.2) is 0 Å². The smallest absolute Gasteiger partial charge is 0.251 e. The molecule has 1 aromatic carbocycles. The van der Waals surface area contributed by atoms with Gasteiger partial charge in [0.1, 0.15) is 6.10 Å². The predicted molar refractivity (Wildman–Crippen MR) is 77.5 cm³/mol. The van der Waals surface area contributed by atoms with Crippen molar-refractivity contribution < 1.29 is 9.90 Å². The zero-order valence-electron chi connectivity index (χ0n) is 11.0. The van der Waals surface area contributed by atoms with E-state index in [2.05, 4.69) is 5.32 Å². The molecule has 4 nitrogen and oxygen atoms in total. The lowest BCUT2D eigenvalue weighted by molar-refractivity contribution is 0.0917. The highest BCUT2D eigenvalue weighted by Crippen LogP contribution is 2.23. The molecule has 20 heavy (non-hydrogen) atoms. The number of benzene rings is 1. The number of aryl methyl sites for hydroxylation is 1. The highest BCUT2D eigenvalue weighted by Gasteiger charge is 2.14. The molecule has 0 spiro atoms. The Kier molecular flexibility index (Phi) is 4.51. The lowest BCUT2D eigenvalue weighted by Crippen LogP contribution is -2.28. The topological polar surface area (TPSA) is 73.1 Å². The van der Waals surface area contributed by atoms with E-state index in [1.165, 1.54) is 17.4 Å². The molecule has 5 heteroatoms. The van der Waals surface area contributed by atoms with E-state index < -0.39 is 6.10 Å². The second-order valence-electron chi connectivity index (χ2n) is 4.39. The molecule has 0 aliphatic heterocycles. The number of thiophene rings is 1. The lowest BCUT2D eigenvalue weighted by Gasteiger charge is -2.11. The molecule has 0 fully saturated rings. The second-order valence-corrected chi connectivity index (χ2v) is 5.33. The van der Waals surface area contributed by atoms with E-state index in [-0.39, 0.29) is 12.5 Å². The summed E-state index contributed by atoms with van der Waals surface area (Å²) in [4.78, 5) is 12.8. The maximum Gasteiger partial charge on any atom is 0.251 e. The van der Waals surface area contributed by atoms with Gasteiger partial charge in [-0.25, -0.2) is 0 Å². The van der Waals surface area contributed by atoms with Crippen LogP contribution in [0.5, 0.6) is 0 Å². The minimum Gasteiger partial charge on any atom is -0.386 e. The maximum absolute atomic E-state index is 11.9. The van der Waals surface area contributed by atoms with E-state index in [9.17, 15) is 9.90 Å². The SMILES string of the molecule is Cc1ccsc1[C@@H](O)CNC(=O)c1cccc(C#N)c1. The molecular weight excluding hydrogens is 272 g/mol. The number of nitrogens with one attached hydrogen (secondary N) is 1. The quantitative estimate of drug-likeness (QED) is 0.906. The number of aliphatic hydroxyl groups excluding tert-OH is 1. The first-order valence-corrected chi connectivity index (χ1v) is 7.00. The Labute approximate surface area is 121 Å². The molecule has 0 aliphatic rings. The van der Waals surface area contributed by atoms with E-state index in [4.69, 9.17) is 5.26 Å². The number of carbonyl (C=O) groups excluding carboxylic acids is 1. The van der Waals surface area contributed by atoms with Gasteiger partial charge >= 0.3 is 0 Å². The number of aliphatic hydroxyl groups is 1. The van der Waals surface area contributed by atoms with E-state index in [1.807, 2.05) is 24.4 Å². The van der Waals surface area contributed by atoms with Crippen LogP contribution in [0.3, 0.4) is 0 Å². The summed E-state index contributed by atoms with van der Waals surface area (Å²) in [6.45, 7) is 2.07. The largest absolute Gasteiger partial charge is 0.386 e. The number of nitriles is 1. The van der Waals surface area contributed by atoms with Gasteiger partial charge in [0.2, 0.25) is 0 Å². The molecule has 1 heterocycles. The standard InChI is InChI=1S/C15H14N2O2S/c1-10-5-6-20-14(10)13(18)9-17-15(19)12-4-2-3-11(7-12)8-16/h2-7,13,18H,9H2,1H3,(H,17,19)/t13-/m0/s1. The van der Waals surface area contributed by atoms with Crippen LogP contribution in [0.25, 0.3) is 0 Å². The normalized spacial score (nSPS) is 11.7. The van der Waals surface area contributed by atoms with Crippen LogP contribution in [0.1, 0.15) is 32.5 Å². The molecule has 0 saturated carbocycles. The number of hydrogen-bond donors (Lipinski definition) is 2. The van der Waals surface area contributed by atoms with Crippen LogP contribution in [0.4, 0.5) is 0 Å². The molecule has 1 amide bonds. The Balaban J connectivity index is 1.99. The molecule has 0 saturated heterocycles.